The molecule has 0 saturated heterocycles. The molecule has 0 aliphatic heterocycles. The maximum absolute atomic E-state index is 5.82. The van der Waals surface area contributed by atoms with Gasteiger partial charge in [0.2, 0.25) is 0 Å². The van der Waals surface area contributed by atoms with Crippen molar-refractivity contribution in [2.45, 2.75) is 33.6 Å². The third kappa shape index (κ3) is 2.09. The van der Waals surface area contributed by atoms with E-state index in [2.05, 4.69) is 24.9 Å². The second-order valence-electron chi connectivity index (χ2n) is 4.42. The monoisotopic (exact) mass is 250 g/mol. The van der Waals surface area contributed by atoms with Gasteiger partial charge in [-0.25, -0.2) is 4.98 Å². The average Bonchev–Trinajstić information content (AvgIpc) is 2.60. The van der Waals surface area contributed by atoms with Crippen molar-refractivity contribution < 1.29 is 4.74 Å². The number of hydrogen-bond acceptors (Lipinski definition) is 4. The van der Waals surface area contributed by atoms with Crippen LogP contribution in [0.3, 0.4) is 0 Å². The Morgan fingerprint density at radius 1 is 1.47 bits per heavy atom. The van der Waals surface area contributed by atoms with E-state index in [-0.39, 0.29) is 0 Å². The predicted octanol–water partition coefficient (Wildman–Crippen LogP) is 3.71. The van der Waals surface area contributed by atoms with Crippen LogP contribution >= 0.6 is 11.3 Å². The van der Waals surface area contributed by atoms with Gasteiger partial charge in [-0.1, -0.05) is 25.2 Å². The van der Waals surface area contributed by atoms with Gasteiger partial charge in [0.05, 0.1) is 16.8 Å². The van der Waals surface area contributed by atoms with Crippen molar-refractivity contribution in [2.75, 3.05) is 12.3 Å². The summed E-state index contributed by atoms with van der Waals surface area (Å²) in [7, 11) is 0. The van der Waals surface area contributed by atoms with E-state index in [9.17, 15) is 0 Å². The molecule has 2 aromatic rings. The van der Waals surface area contributed by atoms with Gasteiger partial charge in [-0.15, -0.1) is 0 Å². The van der Waals surface area contributed by atoms with Crippen LogP contribution in [0.5, 0.6) is 5.75 Å². The molecule has 17 heavy (non-hydrogen) atoms. The number of thiazole rings is 1. The second kappa shape index (κ2) is 4.53. The lowest BCUT2D eigenvalue weighted by Gasteiger charge is -2.15. The summed E-state index contributed by atoms with van der Waals surface area (Å²) in [5.74, 6) is 1.37. The first-order chi connectivity index (χ1) is 8.04. The Hall–Kier alpha value is -1.29. The summed E-state index contributed by atoms with van der Waals surface area (Å²) in [5, 5.41) is 0.624. The van der Waals surface area contributed by atoms with E-state index in [0.29, 0.717) is 17.7 Å². The lowest BCUT2D eigenvalue weighted by atomic mass is 9.99. The molecule has 0 aliphatic rings. The highest BCUT2D eigenvalue weighted by molar-refractivity contribution is 7.22. The van der Waals surface area contributed by atoms with Crippen LogP contribution in [0.25, 0.3) is 10.2 Å². The molecule has 1 heterocycles. The zero-order valence-electron chi connectivity index (χ0n) is 10.7. The minimum atomic E-state index is 0.402. The minimum Gasteiger partial charge on any atom is -0.494 e. The SMILES string of the molecule is CCOc1cc(C)c2nc(N)sc2c1C(C)C. The maximum Gasteiger partial charge on any atom is 0.181 e. The zero-order chi connectivity index (χ0) is 12.6. The number of nitrogens with zero attached hydrogens (tertiary/aromatic N) is 1. The third-order valence-electron chi connectivity index (χ3n) is 2.75. The molecular formula is C13H18N2OS. The third-order valence-corrected chi connectivity index (χ3v) is 3.67. The van der Waals surface area contributed by atoms with Crippen molar-refractivity contribution in [1.82, 2.24) is 4.98 Å². The summed E-state index contributed by atoms with van der Waals surface area (Å²) < 4.78 is 6.90. The number of rotatable bonds is 3. The first kappa shape index (κ1) is 12.2. The minimum absolute atomic E-state index is 0.402. The summed E-state index contributed by atoms with van der Waals surface area (Å²) >= 11 is 1.55. The average molecular weight is 250 g/mol. The van der Waals surface area contributed by atoms with Crippen molar-refractivity contribution in [1.29, 1.82) is 0 Å². The Morgan fingerprint density at radius 2 is 2.18 bits per heavy atom. The fourth-order valence-electron chi connectivity index (χ4n) is 2.06. The Bertz CT molecular complexity index is 546. The highest BCUT2D eigenvalue weighted by Crippen LogP contribution is 2.39. The summed E-state index contributed by atoms with van der Waals surface area (Å²) in [5.41, 5.74) is 9.18. The van der Waals surface area contributed by atoms with Crippen LogP contribution in [-0.4, -0.2) is 11.6 Å². The van der Waals surface area contributed by atoms with Crippen LogP contribution in [0.1, 0.15) is 37.8 Å². The smallest absolute Gasteiger partial charge is 0.181 e. The molecule has 0 amide bonds. The van der Waals surface area contributed by atoms with Crippen LogP contribution in [0.2, 0.25) is 0 Å². The number of ether oxygens (including phenoxy) is 1. The van der Waals surface area contributed by atoms with Crippen LogP contribution in [-0.2, 0) is 0 Å². The number of anilines is 1. The topological polar surface area (TPSA) is 48.1 Å². The summed E-state index contributed by atoms with van der Waals surface area (Å²) in [6.45, 7) is 9.07. The molecule has 2 rings (SSSR count). The lowest BCUT2D eigenvalue weighted by molar-refractivity contribution is 0.336. The first-order valence-corrected chi connectivity index (χ1v) is 6.68. The quantitative estimate of drug-likeness (QED) is 0.903. The summed E-state index contributed by atoms with van der Waals surface area (Å²) in [6, 6.07) is 2.07. The highest BCUT2D eigenvalue weighted by Gasteiger charge is 2.17. The molecule has 1 aromatic heterocycles. The van der Waals surface area contributed by atoms with Crippen LogP contribution in [0, 0.1) is 6.92 Å². The van der Waals surface area contributed by atoms with Gasteiger partial charge in [0.1, 0.15) is 5.75 Å². The molecule has 4 heteroatoms. The van der Waals surface area contributed by atoms with E-state index in [0.717, 1.165) is 16.8 Å². The predicted molar refractivity (Wildman–Crippen MR) is 74.0 cm³/mol. The van der Waals surface area contributed by atoms with Gasteiger partial charge in [-0.05, 0) is 31.4 Å². The van der Waals surface area contributed by atoms with E-state index in [1.165, 1.54) is 10.3 Å². The van der Waals surface area contributed by atoms with Gasteiger partial charge in [0.25, 0.3) is 0 Å². The van der Waals surface area contributed by atoms with Crippen LogP contribution in [0.15, 0.2) is 6.07 Å². The molecule has 2 N–H and O–H groups in total. The van der Waals surface area contributed by atoms with Gasteiger partial charge < -0.3 is 10.5 Å². The van der Waals surface area contributed by atoms with Crippen molar-refractivity contribution in [3.8, 4) is 5.75 Å². The van der Waals surface area contributed by atoms with Gasteiger partial charge >= 0.3 is 0 Å². The van der Waals surface area contributed by atoms with Crippen LogP contribution in [0.4, 0.5) is 5.13 Å². The number of aryl methyl sites for hydroxylation is 1. The number of aromatic nitrogens is 1. The van der Waals surface area contributed by atoms with E-state index < -0.39 is 0 Å². The van der Waals surface area contributed by atoms with E-state index in [1.54, 1.807) is 11.3 Å². The number of hydrogen-bond donors (Lipinski definition) is 1. The molecule has 0 atom stereocenters. The Kier molecular flexibility index (Phi) is 3.24. The van der Waals surface area contributed by atoms with E-state index >= 15 is 0 Å². The normalized spacial score (nSPS) is 11.4. The number of benzene rings is 1. The Balaban J connectivity index is 2.77. The standard InChI is InChI=1S/C13H18N2OS/c1-5-16-9-6-8(4)11-12(10(9)7(2)3)17-13(14)15-11/h6-7H,5H2,1-4H3,(H2,14,15). The molecule has 3 nitrogen and oxygen atoms in total. The number of nitrogen functional groups attached to an aromatic ring is 1. The summed E-state index contributed by atoms with van der Waals surface area (Å²) in [6.07, 6.45) is 0. The van der Waals surface area contributed by atoms with Gasteiger partial charge in [0, 0.05) is 5.56 Å². The molecule has 0 radical (unpaired) electrons. The molecular weight excluding hydrogens is 232 g/mol. The number of fused-ring (bicyclic) bond motifs is 1. The largest absolute Gasteiger partial charge is 0.494 e. The zero-order valence-corrected chi connectivity index (χ0v) is 11.5. The van der Waals surface area contributed by atoms with Crippen LogP contribution < -0.4 is 10.5 Å². The molecule has 0 bridgehead atoms. The molecule has 0 saturated carbocycles. The Morgan fingerprint density at radius 3 is 2.76 bits per heavy atom. The number of nitrogens with two attached hydrogens (primary N) is 1. The van der Waals surface area contributed by atoms with Crippen molar-refractivity contribution in [3.05, 3.63) is 17.2 Å². The highest BCUT2D eigenvalue weighted by atomic mass is 32.1. The molecule has 0 fully saturated rings. The Labute approximate surface area is 106 Å². The molecule has 0 spiro atoms. The molecule has 1 aromatic carbocycles. The van der Waals surface area contributed by atoms with Crippen molar-refractivity contribution in [3.63, 3.8) is 0 Å². The molecule has 0 aliphatic carbocycles. The van der Waals surface area contributed by atoms with Gasteiger partial charge in [0.15, 0.2) is 5.13 Å². The first-order valence-electron chi connectivity index (χ1n) is 5.86. The van der Waals surface area contributed by atoms with Gasteiger partial charge in [-0.3, -0.25) is 0 Å². The lowest BCUT2D eigenvalue weighted by Crippen LogP contribution is -1.99. The molecule has 0 unspecified atom stereocenters. The summed E-state index contributed by atoms with van der Waals surface area (Å²) in [4.78, 5) is 4.40. The van der Waals surface area contributed by atoms with Gasteiger partial charge in [-0.2, -0.15) is 0 Å². The fraction of sp³-hybridized carbons (Fsp3) is 0.462. The maximum atomic E-state index is 5.82. The van der Waals surface area contributed by atoms with E-state index in [1.807, 2.05) is 13.8 Å². The second-order valence-corrected chi connectivity index (χ2v) is 5.45. The fourth-order valence-corrected chi connectivity index (χ4v) is 3.16. The van der Waals surface area contributed by atoms with E-state index in [4.69, 9.17) is 10.5 Å². The van der Waals surface area contributed by atoms with Crippen molar-refractivity contribution in [2.24, 2.45) is 0 Å². The van der Waals surface area contributed by atoms with Crippen molar-refractivity contribution >= 4 is 26.7 Å². The molecule has 92 valence electrons.